The molecule has 1 heterocycles. The van der Waals surface area contributed by atoms with Crippen LogP contribution in [-0.2, 0) is 27.5 Å². The summed E-state index contributed by atoms with van der Waals surface area (Å²) in [7, 11) is 0. The molecule has 4 aliphatic rings. The first-order valence-corrected chi connectivity index (χ1v) is 24.5. The third kappa shape index (κ3) is 11.3. The van der Waals surface area contributed by atoms with Gasteiger partial charge in [0.1, 0.15) is 30.0 Å². The van der Waals surface area contributed by atoms with Gasteiger partial charge in [-0.1, -0.05) is 60.5 Å². The molecular weight excluding hydrogens is 874 g/mol. The van der Waals surface area contributed by atoms with E-state index in [-0.39, 0.29) is 80.5 Å². The molecule has 0 bridgehead atoms. The third-order valence-electron chi connectivity index (χ3n) is 13.4. The van der Waals surface area contributed by atoms with E-state index >= 15 is 0 Å². The van der Waals surface area contributed by atoms with Crippen LogP contribution in [0.5, 0.6) is 11.5 Å². The molecule has 3 aliphatic carbocycles. The number of hydrogen-bond donors (Lipinski definition) is 2. The summed E-state index contributed by atoms with van der Waals surface area (Å²) in [5.41, 5.74) is 3.88. The number of oxime groups is 1. The van der Waals surface area contributed by atoms with Crippen molar-refractivity contribution in [2.75, 3.05) is 32.2 Å². The summed E-state index contributed by atoms with van der Waals surface area (Å²) in [6.07, 6.45) is 10.1. The van der Waals surface area contributed by atoms with Crippen LogP contribution in [0.3, 0.4) is 0 Å². The molecule has 1 aliphatic heterocycles. The van der Waals surface area contributed by atoms with Gasteiger partial charge in [-0.05, 0) is 122 Å². The number of thioether (sulfide) groups is 1. The van der Waals surface area contributed by atoms with E-state index in [0.717, 1.165) is 65.9 Å². The largest absolute Gasteiger partial charge is 0.493 e. The summed E-state index contributed by atoms with van der Waals surface area (Å²) in [5.74, 6) is -0.739. The molecule has 6 unspecified atom stereocenters. The van der Waals surface area contributed by atoms with E-state index in [0.29, 0.717) is 42.2 Å². The lowest BCUT2D eigenvalue weighted by atomic mass is 9.55. The smallest absolute Gasteiger partial charge is 0.269 e. The van der Waals surface area contributed by atoms with Gasteiger partial charge < -0.3 is 34.2 Å². The summed E-state index contributed by atoms with van der Waals surface area (Å²) in [6, 6.07) is 27.8. The number of nitrogens with zero attached hydrogens (tertiary/aromatic N) is 3. The van der Waals surface area contributed by atoms with Gasteiger partial charge in [-0.25, -0.2) is 4.39 Å². The van der Waals surface area contributed by atoms with E-state index in [2.05, 4.69) is 30.9 Å². The van der Waals surface area contributed by atoms with Crippen LogP contribution in [0, 0.1) is 39.6 Å². The highest BCUT2D eigenvalue weighted by atomic mass is 32.2. The average molecular weight is 934 g/mol. The maximum atomic E-state index is 14.9. The molecular formula is C53H60FN3O9S. The molecule has 0 spiro atoms. The Balaban J connectivity index is 1.27. The van der Waals surface area contributed by atoms with Crippen molar-refractivity contribution in [1.82, 2.24) is 4.90 Å². The molecule has 4 aromatic carbocycles. The van der Waals surface area contributed by atoms with Crippen molar-refractivity contribution in [2.24, 2.45) is 28.8 Å². The molecule has 2 N–H and O–H groups in total. The van der Waals surface area contributed by atoms with Gasteiger partial charge in [0.25, 0.3) is 5.69 Å². The van der Waals surface area contributed by atoms with Crippen molar-refractivity contribution in [3.63, 3.8) is 0 Å². The van der Waals surface area contributed by atoms with E-state index in [1.54, 1.807) is 42.1 Å². The quantitative estimate of drug-likeness (QED) is 0.0228. The summed E-state index contributed by atoms with van der Waals surface area (Å²) in [6.45, 7) is 4.98. The number of amides is 1. The highest BCUT2D eigenvalue weighted by Gasteiger charge is 2.66. The number of nitro groups is 1. The molecule has 2 saturated carbocycles. The lowest BCUT2D eigenvalue weighted by molar-refractivity contribution is -0.384. The molecule has 0 radical (unpaired) electrons. The number of benzene rings is 4. The van der Waals surface area contributed by atoms with Gasteiger partial charge in [0.15, 0.2) is 0 Å². The lowest BCUT2D eigenvalue weighted by Gasteiger charge is -2.60. The van der Waals surface area contributed by atoms with E-state index in [1.165, 1.54) is 24.3 Å². The Morgan fingerprint density at radius 1 is 0.970 bits per heavy atom. The SMILES string of the molecule is C=CCOC12Oc3ccc(OCCSc4ccccc4)cc3C3C(CCCCO)C(CCCCO)C=C(C(=NOCc4ccc([N+](=O)[O-])cc4)CC1N(Cc1ccc(F)cc1)C(=O)C1CC1)C32. The molecule has 354 valence electrons. The monoisotopic (exact) mass is 933 g/mol. The minimum absolute atomic E-state index is 0.0166. The zero-order valence-electron chi connectivity index (χ0n) is 37.8. The van der Waals surface area contributed by atoms with Crippen LogP contribution in [0.2, 0.25) is 0 Å². The molecule has 1 amide bonds. The van der Waals surface area contributed by atoms with Gasteiger partial charge in [0.05, 0.1) is 29.8 Å². The second kappa shape index (κ2) is 22.5. The van der Waals surface area contributed by atoms with Crippen molar-refractivity contribution >= 4 is 29.1 Å². The molecule has 14 heteroatoms. The lowest BCUT2D eigenvalue weighted by Crippen LogP contribution is -2.70. The van der Waals surface area contributed by atoms with Crippen molar-refractivity contribution in [3.05, 3.63) is 154 Å². The van der Waals surface area contributed by atoms with Crippen LogP contribution in [0.25, 0.3) is 0 Å². The Hall–Kier alpha value is -5.54. The van der Waals surface area contributed by atoms with Crippen molar-refractivity contribution in [1.29, 1.82) is 0 Å². The minimum atomic E-state index is -1.46. The molecule has 12 nitrogen and oxygen atoms in total. The van der Waals surface area contributed by atoms with E-state index < -0.39 is 22.7 Å². The topological polar surface area (TPSA) is 153 Å². The fraction of sp³-hybridized carbons (Fsp3) is 0.434. The van der Waals surface area contributed by atoms with Crippen molar-refractivity contribution in [3.8, 4) is 11.5 Å². The molecule has 8 rings (SSSR count). The fourth-order valence-electron chi connectivity index (χ4n) is 10.2. The van der Waals surface area contributed by atoms with E-state index in [1.807, 2.05) is 35.2 Å². The molecule has 0 saturated heterocycles. The number of hydrogen-bond acceptors (Lipinski definition) is 11. The van der Waals surface area contributed by atoms with Crippen LogP contribution in [-0.4, -0.2) is 75.7 Å². The Morgan fingerprint density at radius 2 is 1.70 bits per heavy atom. The molecule has 67 heavy (non-hydrogen) atoms. The van der Waals surface area contributed by atoms with E-state index in [9.17, 15) is 29.5 Å². The van der Waals surface area contributed by atoms with Crippen LogP contribution >= 0.6 is 11.8 Å². The zero-order chi connectivity index (χ0) is 46.8. The molecule has 6 atom stereocenters. The number of allylic oxidation sites excluding steroid dienone is 1. The maximum Gasteiger partial charge on any atom is 0.269 e. The summed E-state index contributed by atoms with van der Waals surface area (Å²) in [5, 5.41) is 36.3. The van der Waals surface area contributed by atoms with Crippen LogP contribution in [0.1, 0.15) is 80.4 Å². The van der Waals surface area contributed by atoms with Crippen molar-refractivity contribution < 1.29 is 43.4 Å². The standard InChI is InChI=1S/C53H60FN3O9S/c1-2-28-64-53-49(56(52(60)38-18-19-38)34-36-14-20-40(54)21-15-36)33-47(55-65-35-37-16-22-41(23-17-37)57(61)62)45-31-39(10-6-8-26-58)44(13-7-9-27-59)50(51(45)53)46-32-42(24-25-48(46)66-53)63-29-30-67-43-11-4-3-5-12-43/h2-5,11-12,14-17,20-25,31-32,38-39,44,49-51,58-59H,1,6-10,13,18-19,26-30,33-35H2. The zero-order valence-corrected chi connectivity index (χ0v) is 38.6. The first kappa shape index (κ1) is 47.9. The first-order chi connectivity index (χ1) is 32.7. The number of nitro benzene ring substituents is 1. The number of halogens is 1. The Morgan fingerprint density at radius 3 is 2.40 bits per heavy atom. The number of rotatable bonds is 24. The Bertz CT molecular complexity index is 2380. The molecule has 2 fully saturated rings. The van der Waals surface area contributed by atoms with E-state index in [4.69, 9.17) is 24.2 Å². The summed E-state index contributed by atoms with van der Waals surface area (Å²) in [4.78, 5) is 35.0. The van der Waals surface area contributed by atoms with Crippen LogP contribution < -0.4 is 9.47 Å². The number of aliphatic hydroxyl groups excluding tert-OH is 2. The summed E-state index contributed by atoms with van der Waals surface area (Å²) >= 11 is 1.72. The number of non-ortho nitro benzene ring substituents is 1. The predicted molar refractivity (Wildman–Crippen MR) is 255 cm³/mol. The predicted octanol–water partition coefficient (Wildman–Crippen LogP) is 10.2. The highest BCUT2D eigenvalue weighted by Crippen LogP contribution is 2.62. The average Bonchev–Trinajstić information content (AvgIpc) is 4.20. The molecule has 4 aromatic rings. The second-order valence-corrected chi connectivity index (χ2v) is 19.0. The van der Waals surface area contributed by atoms with Gasteiger partial charge in [0.2, 0.25) is 11.7 Å². The van der Waals surface area contributed by atoms with Crippen LogP contribution in [0.4, 0.5) is 10.1 Å². The van der Waals surface area contributed by atoms with Gasteiger partial charge >= 0.3 is 0 Å². The van der Waals surface area contributed by atoms with Gasteiger partial charge in [-0.15, -0.1) is 18.3 Å². The Kier molecular flexibility index (Phi) is 16.1. The number of unbranched alkanes of at least 4 members (excludes halogenated alkanes) is 2. The fourth-order valence-corrected chi connectivity index (χ4v) is 10.9. The van der Waals surface area contributed by atoms with Crippen molar-refractivity contribution in [2.45, 2.75) is 93.6 Å². The Labute approximate surface area is 396 Å². The summed E-state index contributed by atoms with van der Waals surface area (Å²) < 4.78 is 35.4. The normalized spacial score (nSPS) is 23.3. The van der Waals surface area contributed by atoms with Gasteiger partial charge in [-0.2, -0.15) is 0 Å². The van der Waals surface area contributed by atoms with Gasteiger partial charge in [0, 0.05) is 66.4 Å². The number of fused-ring (bicyclic) bond motifs is 2. The maximum absolute atomic E-state index is 14.9. The molecule has 0 aromatic heterocycles. The minimum Gasteiger partial charge on any atom is -0.493 e. The number of carbonyl (C=O) groups excluding carboxylic acids is 1. The number of aliphatic hydroxyl groups is 2. The second-order valence-electron chi connectivity index (χ2n) is 17.8. The van der Waals surface area contributed by atoms with Gasteiger partial charge in [-0.3, -0.25) is 14.9 Å². The third-order valence-corrected chi connectivity index (χ3v) is 14.4. The van der Waals surface area contributed by atoms with Crippen LogP contribution in [0.15, 0.2) is 131 Å². The highest BCUT2D eigenvalue weighted by molar-refractivity contribution is 7.99. The number of ether oxygens (including phenoxy) is 3. The number of carbonyl (C=O) groups is 1. The first-order valence-electron chi connectivity index (χ1n) is 23.5.